The van der Waals surface area contributed by atoms with Crippen molar-refractivity contribution in [3.8, 4) is 0 Å². The number of aryl methyl sites for hydroxylation is 1. The highest BCUT2D eigenvalue weighted by atomic mass is 15.3. The molecular formula is C15H14N4. The van der Waals surface area contributed by atoms with Gasteiger partial charge in [-0.1, -0.05) is 18.7 Å². The number of nitrogens with one attached hydrogen (secondary N) is 1. The van der Waals surface area contributed by atoms with Gasteiger partial charge in [0.2, 0.25) is 0 Å². The molecule has 0 aliphatic carbocycles. The summed E-state index contributed by atoms with van der Waals surface area (Å²) in [6.07, 6.45) is 3.55. The van der Waals surface area contributed by atoms with Gasteiger partial charge in [-0.05, 0) is 24.3 Å². The smallest absolute Gasteiger partial charge is 0.0835 e. The van der Waals surface area contributed by atoms with Gasteiger partial charge in [-0.25, -0.2) is 0 Å². The van der Waals surface area contributed by atoms with E-state index in [4.69, 9.17) is 0 Å². The Morgan fingerprint density at radius 3 is 2.89 bits per heavy atom. The molecule has 2 heterocycles. The molecule has 2 aromatic heterocycles. The zero-order chi connectivity index (χ0) is 13.2. The van der Waals surface area contributed by atoms with E-state index in [2.05, 4.69) is 22.0 Å². The van der Waals surface area contributed by atoms with Gasteiger partial charge in [0.1, 0.15) is 0 Å². The fourth-order valence-corrected chi connectivity index (χ4v) is 2.05. The van der Waals surface area contributed by atoms with Gasteiger partial charge < -0.3 is 5.32 Å². The highest BCUT2D eigenvalue weighted by Gasteiger charge is 2.04. The molecule has 0 fully saturated rings. The van der Waals surface area contributed by atoms with Crippen molar-refractivity contribution in [3.63, 3.8) is 0 Å². The molecule has 4 heteroatoms. The van der Waals surface area contributed by atoms with Crippen LogP contribution in [-0.2, 0) is 7.05 Å². The molecule has 94 valence electrons. The van der Waals surface area contributed by atoms with Crippen molar-refractivity contribution >= 4 is 22.3 Å². The molecule has 0 aliphatic heterocycles. The van der Waals surface area contributed by atoms with Crippen LogP contribution >= 0.6 is 0 Å². The second kappa shape index (κ2) is 4.57. The fraction of sp³-hybridized carbons (Fsp3) is 0.0667. The standard InChI is InChI=1S/C15H14N4/c1-11(15-7-9-17-19(15)2)18-13-6-5-12-4-3-8-16-14(12)10-13/h3-10,18H,1H2,2H3. The summed E-state index contributed by atoms with van der Waals surface area (Å²) < 4.78 is 1.79. The number of hydrogen-bond donors (Lipinski definition) is 1. The van der Waals surface area contributed by atoms with E-state index in [9.17, 15) is 0 Å². The van der Waals surface area contributed by atoms with Crippen LogP contribution in [0.3, 0.4) is 0 Å². The van der Waals surface area contributed by atoms with Gasteiger partial charge in [-0.3, -0.25) is 9.67 Å². The Kier molecular flexibility index (Phi) is 2.76. The van der Waals surface area contributed by atoms with Gasteiger partial charge in [0.15, 0.2) is 0 Å². The Hall–Kier alpha value is -2.62. The van der Waals surface area contributed by atoms with Crippen molar-refractivity contribution in [2.75, 3.05) is 5.32 Å². The molecule has 0 amide bonds. The average Bonchev–Trinajstić information content (AvgIpc) is 2.85. The molecule has 0 spiro atoms. The first-order valence-electron chi connectivity index (χ1n) is 6.03. The predicted molar refractivity (Wildman–Crippen MR) is 77.6 cm³/mol. The Morgan fingerprint density at radius 2 is 2.11 bits per heavy atom. The number of nitrogens with zero attached hydrogens (tertiary/aromatic N) is 3. The van der Waals surface area contributed by atoms with Crippen LogP contribution in [0, 0.1) is 0 Å². The van der Waals surface area contributed by atoms with Crippen LogP contribution in [0.1, 0.15) is 5.69 Å². The van der Waals surface area contributed by atoms with Gasteiger partial charge in [0.05, 0.1) is 16.9 Å². The summed E-state index contributed by atoms with van der Waals surface area (Å²) in [5.41, 5.74) is 3.71. The number of aromatic nitrogens is 3. The topological polar surface area (TPSA) is 42.7 Å². The van der Waals surface area contributed by atoms with E-state index >= 15 is 0 Å². The van der Waals surface area contributed by atoms with Crippen LogP contribution < -0.4 is 5.32 Å². The molecule has 1 aromatic carbocycles. The van der Waals surface area contributed by atoms with E-state index in [0.717, 1.165) is 28.0 Å². The second-order valence-electron chi connectivity index (χ2n) is 4.35. The van der Waals surface area contributed by atoms with E-state index in [1.807, 2.05) is 43.4 Å². The second-order valence-corrected chi connectivity index (χ2v) is 4.35. The minimum Gasteiger partial charge on any atom is -0.354 e. The van der Waals surface area contributed by atoms with E-state index in [1.165, 1.54) is 0 Å². The molecule has 0 atom stereocenters. The maximum atomic E-state index is 4.34. The number of benzene rings is 1. The molecule has 3 aromatic rings. The fourth-order valence-electron chi connectivity index (χ4n) is 2.05. The SMILES string of the molecule is C=C(Nc1ccc2cccnc2c1)c1ccnn1C. The van der Waals surface area contributed by atoms with Gasteiger partial charge in [-0.15, -0.1) is 0 Å². The Labute approximate surface area is 111 Å². The number of fused-ring (bicyclic) bond motifs is 1. The molecule has 19 heavy (non-hydrogen) atoms. The molecular weight excluding hydrogens is 236 g/mol. The lowest BCUT2D eigenvalue weighted by atomic mass is 10.2. The normalized spacial score (nSPS) is 10.6. The van der Waals surface area contributed by atoms with Gasteiger partial charge in [0, 0.05) is 30.5 Å². The highest BCUT2D eigenvalue weighted by molar-refractivity contribution is 5.84. The number of anilines is 1. The van der Waals surface area contributed by atoms with Crippen molar-refractivity contribution in [1.82, 2.24) is 14.8 Å². The molecule has 4 nitrogen and oxygen atoms in total. The first kappa shape index (κ1) is 11.5. The van der Waals surface area contributed by atoms with Gasteiger partial charge in [-0.2, -0.15) is 5.10 Å². The van der Waals surface area contributed by atoms with Gasteiger partial charge >= 0.3 is 0 Å². The van der Waals surface area contributed by atoms with Crippen molar-refractivity contribution in [3.05, 3.63) is 61.1 Å². The van der Waals surface area contributed by atoms with Crippen LogP contribution in [0.15, 0.2) is 55.4 Å². The molecule has 0 bridgehead atoms. The Bertz CT molecular complexity index is 742. The molecule has 0 saturated carbocycles. The van der Waals surface area contributed by atoms with E-state index in [-0.39, 0.29) is 0 Å². The first-order valence-corrected chi connectivity index (χ1v) is 6.03. The molecule has 0 unspecified atom stereocenters. The van der Waals surface area contributed by atoms with Crippen molar-refractivity contribution in [2.45, 2.75) is 0 Å². The Balaban J connectivity index is 1.89. The minimum atomic E-state index is 0.815. The van der Waals surface area contributed by atoms with Crippen LogP contribution in [-0.4, -0.2) is 14.8 Å². The van der Waals surface area contributed by atoms with E-state index in [1.54, 1.807) is 17.1 Å². The van der Waals surface area contributed by atoms with E-state index in [0.29, 0.717) is 0 Å². The Morgan fingerprint density at radius 1 is 1.21 bits per heavy atom. The van der Waals surface area contributed by atoms with Crippen molar-refractivity contribution in [2.24, 2.45) is 7.05 Å². The summed E-state index contributed by atoms with van der Waals surface area (Å²) in [6.45, 7) is 4.04. The predicted octanol–water partition coefficient (Wildman–Crippen LogP) is 3.05. The largest absolute Gasteiger partial charge is 0.354 e. The maximum Gasteiger partial charge on any atom is 0.0835 e. The zero-order valence-electron chi connectivity index (χ0n) is 10.7. The van der Waals surface area contributed by atoms with Crippen LogP contribution in [0.2, 0.25) is 0 Å². The quantitative estimate of drug-likeness (QED) is 0.777. The first-order chi connectivity index (χ1) is 9.24. The molecule has 0 aliphatic rings. The number of hydrogen-bond acceptors (Lipinski definition) is 3. The summed E-state index contributed by atoms with van der Waals surface area (Å²) in [5.74, 6) is 0. The number of rotatable bonds is 3. The summed E-state index contributed by atoms with van der Waals surface area (Å²) in [7, 11) is 1.89. The third-order valence-electron chi connectivity index (χ3n) is 3.03. The zero-order valence-corrected chi connectivity index (χ0v) is 10.7. The monoisotopic (exact) mass is 250 g/mol. The summed E-state index contributed by atoms with van der Waals surface area (Å²) >= 11 is 0. The molecule has 3 rings (SSSR count). The highest BCUT2D eigenvalue weighted by Crippen LogP contribution is 2.20. The molecule has 1 N–H and O–H groups in total. The van der Waals surface area contributed by atoms with Crippen molar-refractivity contribution in [1.29, 1.82) is 0 Å². The third-order valence-corrected chi connectivity index (χ3v) is 3.03. The van der Waals surface area contributed by atoms with Crippen molar-refractivity contribution < 1.29 is 0 Å². The van der Waals surface area contributed by atoms with Crippen LogP contribution in [0.5, 0.6) is 0 Å². The average molecular weight is 250 g/mol. The molecule has 0 radical (unpaired) electrons. The maximum absolute atomic E-state index is 4.34. The van der Waals surface area contributed by atoms with Gasteiger partial charge in [0.25, 0.3) is 0 Å². The third kappa shape index (κ3) is 2.20. The lowest BCUT2D eigenvalue weighted by molar-refractivity contribution is 0.756. The summed E-state index contributed by atoms with van der Waals surface area (Å²) in [5, 5.41) is 8.54. The lowest BCUT2D eigenvalue weighted by Gasteiger charge is -2.10. The van der Waals surface area contributed by atoms with Crippen LogP contribution in [0.25, 0.3) is 16.6 Å². The lowest BCUT2D eigenvalue weighted by Crippen LogP contribution is -2.03. The van der Waals surface area contributed by atoms with Crippen LogP contribution in [0.4, 0.5) is 5.69 Å². The minimum absolute atomic E-state index is 0.815. The summed E-state index contributed by atoms with van der Waals surface area (Å²) in [6, 6.07) is 12.0. The number of pyridine rings is 1. The summed E-state index contributed by atoms with van der Waals surface area (Å²) in [4.78, 5) is 4.34. The van der Waals surface area contributed by atoms with E-state index < -0.39 is 0 Å². The molecule has 0 saturated heterocycles.